The lowest BCUT2D eigenvalue weighted by Crippen LogP contribution is -2.26. The standard InChI is InChI=1S/C35H35N3O5S/c39-33(40)17-18-36-34(41)27-9-7-24(8-10-27)22-38(29-14-11-26(12-15-29)25-5-2-1-3-6-25)35-37-30(23-44-35)28-13-16-31-32(21-28)43-20-4-19-42-31/h5,7-16,21,23H,1-4,6,17-20,22H2,(H,36,41)(H,39,40). The molecule has 0 saturated carbocycles. The molecule has 0 bridgehead atoms. The fourth-order valence-electron chi connectivity index (χ4n) is 5.40. The summed E-state index contributed by atoms with van der Waals surface area (Å²) in [5.74, 6) is 0.266. The van der Waals surface area contributed by atoms with Gasteiger partial charge in [0.05, 0.1) is 31.9 Å². The van der Waals surface area contributed by atoms with E-state index in [4.69, 9.17) is 19.6 Å². The Hall–Kier alpha value is -4.63. The quantitative estimate of drug-likeness (QED) is 0.192. The molecule has 0 fully saturated rings. The highest BCUT2D eigenvalue weighted by molar-refractivity contribution is 7.14. The molecular formula is C35H35N3O5S. The number of hydrogen-bond acceptors (Lipinski definition) is 7. The fourth-order valence-corrected chi connectivity index (χ4v) is 6.25. The van der Waals surface area contributed by atoms with E-state index < -0.39 is 5.97 Å². The Labute approximate surface area is 261 Å². The molecule has 44 heavy (non-hydrogen) atoms. The van der Waals surface area contributed by atoms with Crippen LogP contribution in [0.15, 0.2) is 78.2 Å². The van der Waals surface area contributed by atoms with Crippen molar-refractivity contribution < 1.29 is 24.2 Å². The van der Waals surface area contributed by atoms with Gasteiger partial charge in [-0.25, -0.2) is 4.98 Å². The number of carboxylic acid groups (broad SMARTS) is 1. The van der Waals surface area contributed by atoms with Crippen LogP contribution in [-0.4, -0.2) is 41.7 Å². The molecule has 2 aliphatic rings. The lowest BCUT2D eigenvalue weighted by molar-refractivity contribution is -0.136. The maximum atomic E-state index is 12.5. The second-order valence-electron chi connectivity index (χ2n) is 10.9. The topological polar surface area (TPSA) is 101 Å². The van der Waals surface area contributed by atoms with E-state index in [1.165, 1.54) is 24.0 Å². The first-order valence-electron chi connectivity index (χ1n) is 15.0. The van der Waals surface area contributed by atoms with Crippen LogP contribution in [0.1, 0.15) is 60.0 Å². The highest BCUT2D eigenvalue weighted by Crippen LogP contribution is 2.38. The third kappa shape index (κ3) is 7.11. The molecule has 3 aromatic carbocycles. The number of nitrogens with zero attached hydrogens (tertiary/aromatic N) is 2. The van der Waals surface area contributed by atoms with Crippen LogP contribution in [0.25, 0.3) is 16.8 Å². The summed E-state index contributed by atoms with van der Waals surface area (Å²) >= 11 is 1.58. The van der Waals surface area contributed by atoms with Crippen LogP contribution in [0.3, 0.4) is 0 Å². The molecule has 0 unspecified atom stereocenters. The van der Waals surface area contributed by atoms with Crippen molar-refractivity contribution in [1.82, 2.24) is 10.3 Å². The molecule has 9 heteroatoms. The average Bonchev–Trinajstić information content (AvgIpc) is 3.42. The predicted octanol–water partition coefficient (Wildman–Crippen LogP) is 7.47. The number of carbonyl (C=O) groups is 2. The van der Waals surface area contributed by atoms with Crippen LogP contribution in [0.5, 0.6) is 11.5 Å². The molecule has 0 radical (unpaired) electrons. The molecule has 1 amide bonds. The molecule has 2 N–H and O–H groups in total. The van der Waals surface area contributed by atoms with Gasteiger partial charge in [-0.1, -0.05) is 30.3 Å². The number of benzene rings is 3. The van der Waals surface area contributed by atoms with Crippen molar-refractivity contribution >= 4 is 39.6 Å². The van der Waals surface area contributed by atoms with Crippen LogP contribution in [0, 0.1) is 0 Å². The summed E-state index contributed by atoms with van der Waals surface area (Å²) in [5, 5.41) is 14.4. The smallest absolute Gasteiger partial charge is 0.305 e. The first kappa shape index (κ1) is 29.4. The maximum absolute atomic E-state index is 12.5. The number of aliphatic carboxylic acids is 1. The third-order valence-electron chi connectivity index (χ3n) is 7.79. The van der Waals surface area contributed by atoms with Gasteiger partial charge < -0.3 is 24.8 Å². The van der Waals surface area contributed by atoms with Crippen LogP contribution in [0.4, 0.5) is 10.8 Å². The van der Waals surface area contributed by atoms with Crippen LogP contribution >= 0.6 is 11.3 Å². The number of anilines is 2. The van der Waals surface area contributed by atoms with E-state index in [2.05, 4.69) is 45.9 Å². The Bertz CT molecular complexity index is 1650. The SMILES string of the molecule is O=C(O)CCNC(=O)c1ccc(CN(c2ccc(C3=CCCCC3)cc2)c2nc(-c3ccc4c(c3)OCCCO4)cs2)cc1. The predicted molar refractivity (Wildman–Crippen MR) is 173 cm³/mol. The zero-order chi connectivity index (χ0) is 30.3. The van der Waals surface area contributed by atoms with Crippen molar-refractivity contribution in [2.45, 2.75) is 45.1 Å². The van der Waals surface area contributed by atoms with Crippen molar-refractivity contribution in [1.29, 1.82) is 0 Å². The summed E-state index contributed by atoms with van der Waals surface area (Å²) in [7, 11) is 0. The fraction of sp³-hybridized carbons (Fsp3) is 0.286. The Balaban J connectivity index is 1.26. The molecule has 0 spiro atoms. The van der Waals surface area contributed by atoms with Crippen LogP contribution in [-0.2, 0) is 11.3 Å². The van der Waals surface area contributed by atoms with E-state index in [9.17, 15) is 9.59 Å². The molecule has 6 rings (SSSR count). The molecule has 1 aliphatic heterocycles. The number of carbonyl (C=O) groups excluding carboxylic acids is 1. The molecule has 1 aromatic heterocycles. The largest absolute Gasteiger partial charge is 0.490 e. The summed E-state index contributed by atoms with van der Waals surface area (Å²) in [5.41, 5.74) is 7.04. The number of fused-ring (bicyclic) bond motifs is 1. The summed E-state index contributed by atoms with van der Waals surface area (Å²) in [6.07, 6.45) is 7.84. The van der Waals surface area contributed by atoms with E-state index in [1.54, 1.807) is 23.5 Å². The second-order valence-corrected chi connectivity index (χ2v) is 11.8. The zero-order valence-electron chi connectivity index (χ0n) is 24.5. The van der Waals surface area contributed by atoms with Gasteiger partial charge in [-0.3, -0.25) is 9.59 Å². The van der Waals surface area contributed by atoms with E-state index in [1.807, 2.05) is 30.3 Å². The van der Waals surface area contributed by atoms with Gasteiger partial charge in [0.2, 0.25) is 0 Å². The lowest BCUT2D eigenvalue weighted by Gasteiger charge is -2.23. The van der Waals surface area contributed by atoms with Crippen molar-refractivity contribution in [3.8, 4) is 22.8 Å². The van der Waals surface area contributed by atoms with Gasteiger partial charge in [-0.05, 0) is 84.8 Å². The first-order chi connectivity index (χ1) is 21.5. The molecule has 2 heterocycles. The zero-order valence-corrected chi connectivity index (χ0v) is 25.3. The van der Waals surface area contributed by atoms with Crippen LogP contribution in [0.2, 0.25) is 0 Å². The monoisotopic (exact) mass is 609 g/mol. The first-order valence-corrected chi connectivity index (χ1v) is 15.9. The van der Waals surface area contributed by atoms with Gasteiger partial charge in [0, 0.05) is 35.2 Å². The van der Waals surface area contributed by atoms with Crippen LogP contribution < -0.4 is 19.7 Å². The minimum Gasteiger partial charge on any atom is -0.490 e. The van der Waals surface area contributed by atoms with Crippen molar-refractivity contribution in [2.75, 3.05) is 24.7 Å². The van der Waals surface area contributed by atoms with Gasteiger partial charge in [0.1, 0.15) is 0 Å². The van der Waals surface area contributed by atoms with E-state index in [0.29, 0.717) is 25.3 Å². The van der Waals surface area contributed by atoms with E-state index in [0.717, 1.165) is 58.4 Å². The third-order valence-corrected chi connectivity index (χ3v) is 8.65. The molecule has 1 aliphatic carbocycles. The van der Waals surface area contributed by atoms with E-state index in [-0.39, 0.29) is 18.9 Å². The normalized spacial score (nSPS) is 14.3. The maximum Gasteiger partial charge on any atom is 0.305 e. The Kier molecular flexibility index (Phi) is 9.22. The van der Waals surface area contributed by atoms with E-state index >= 15 is 0 Å². The lowest BCUT2D eigenvalue weighted by atomic mass is 9.93. The van der Waals surface area contributed by atoms with Gasteiger partial charge in [0.25, 0.3) is 5.91 Å². The summed E-state index contributed by atoms with van der Waals surface area (Å²) in [4.78, 5) is 30.5. The number of aromatic nitrogens is 1. The highest BCUT2D eigenvalue weighted by atomic mass is 32.1. The Morgan fingerprint density at radius 3 is 2.43 bits per heavy atom. The average molecular weight is 610 g/mol. The van der Waals surface area contributed by atoms with Gasteiger partial charge in [-0.2, -0.15) is 0 Å². The number of hydrogen-bond donors (Lipinski definition) is 2. The van der Waals surface area contributed by atoms with Crippen molar-refractivity contribution in [3.63, 3.8) is 0 Å². The Morgan fingerprint density at radius 1 is 0.909 bits per heavy atom. The molecule has 0 saturated heterocycles. The number of amides is 1. The number of ether oxygens (including phenoxy) is 2. The molecule has 4 aromatic rings. The summed E-state index contributed by atoms with van der Waals surface area (Å²) in [6, 6.07) is 22.1. The number of nitrogens with one attached hydrogen (secondary N) is 1. The molecule has 8 nitrogen and oxygen atoms in total. The molecular weight excluding hydrogens is 574 g/mol. The van der Waals surface area contributed by atoms with Gasteiger partial charge >= 0.3 is 5.97 Å². The minimum absolute atomic E-state index is 0.0896. The number of carboxylic acids is 1. The molecule has 0 atom stereocenters. The number of allylic oxidation sites excluding steroid dienone is 2. The number of thiazole rings is 1. The van der Waals surface area contributed by atoms with Crippen molar-refractivity contribution in [2.24, 2.45) is 0 Å². The molecule has 226 valence electrons. The summed E-state index contributed by atoms with van der Waals surface area (Å²) in [6.45, 7) is 1.92. The minimum atomic E-state index is -0.945. The van der Waals surface area contributed by atoms with Gasteiger partial charge in [0.15, 0.2) is 16.6 Å². The second kappa shape index (κ2) is 13.8. The highest BCUT2D eigenvalue weighted by Gasteiger charge is 2.18. The van der Waals surface area contributed by atoms with Gasteiger partial charge in [-0.15, -0.1) is 11.3 Å². The Morgan fingerprint density at radius 2 is 1.68 bits per heavy atom. The number of rotatable bonds is 10. The van der Waals surface area contributed by atoms with Crippen molar-refractivity contribution in [3.05, 3.63) is 94.9 Å². The summed E-state index contributed by atoms with van der Waals surface area (Å²) < 4.78 is 11.7.